The van der Waals surface area contributed by atoms with E-state index in [9.17, 15) is 9.59 Å². The number of anilines is 1. The van der Waals surface area contributed by atoms with Gasteiger partial charge in [0, 0.05) is 10.9 Å². The molecular weight excluding hydrogens is 394 g/mol. The second kappa shape index (κ2) is 8.47. The van der Waals surface area contributed by atoms with E-state index in [1.807, 2.05) is 69.3 Å². The molecule has 0 fully saturated rings. The largest absolute Gasteiger partial charge is 0.464 e. The average molecular weight is 417 g/mol. The van der Waals surface area contributed by atoms with Crippen molar-refractivity contribution < 1.29 is 18.7 Å². The van der Waals surface area contributed by atoms with Crippen molar-refractivity contribution in [1.29, 1.82) is 0 Å². The molecule has 4 rings (SSSR count). The lowest BCUT2D eigenvalue weighted by Crippen LogP contribution is -2.22. The number of nitrogens with zero attached hydrogens (tertiary/aromatic N) is 2. The highest BCUT2D eigenvalue weighted by Crippen LogP contribution is 2.24. The summed E-state index contributed by atoms with van der Waals surface area (Å²) in [5.74, 6) is -0.910. The van der Waals surface area contributed by atoms with Gasteiger partial charge in [0.05, 0.1) is 35.4 Å². The maximum Gasteiger partial charge on any atom is 0.310 e. The molecule has 31 heavy (non-hydrogen) atoms. The minimum Gasteiger partial charge on any atom is -0.464 e. The predicted octanol–water partition coefficient (Wildman–Crippen LogP) is 4.27. The lowest BCUT2D eigenvalue weighted by atomic mass is 10.1. The summed E-state index contributed by atoms with van der Waals surface area (Å²) in [5.41, 5.74) is 5.52. The fourth-order valence-electron chi connectivity index (χ4n) is 3.50. The number of furan rings is 1. The summed E-state index contributed by atoms with van der Waals surface area (Å²) in [6.45, 7) is 5.30. The number of ether oxygens (including phenoxy) is 1. The molecule has 7 heteroatoms. The summed E-state index contributed by atoms with van der Waals surface area (Å²) in [6.07, 6.45) is 1.59. The van der Waals surface area contributed by atoms with Crippen LogP contribution in [0, 0.1) is 20.8 Å². The van der Waals surface area contributed by atoms with Crippen LogP contribution in [-0.2, 0) is 20.7 Å². The van der Waals surface area contributed by atoms with Gasteiger partial charge in [-0.25, -0.2) is 4.68 Å². The third-order valence-corrected chi connectivity index (χ3v) is 5.07. The van der Waals surface area contributed by atoms with Crippen LogP contribution < -0.4 is 5.32 Å². The zero-order valence-corrected chi connectivity index (χ0v) is 17.6. The standard InChI is InChI=1S/C24H23N3O4/c1-15-9-10-20-18(13-30-21(20)11-15)12-23(29)31-14-22(28)25-24-16(2)26-27(17(24)3)19-7-5-4-6-8-19/h4-11,13H,12,14H2,1-3H3,(H,25,28). The van der Waals surface area contributed by atoms with Crippen LogP contribution in [0.1, 0.15) is 22.5 Å². The molecule has 2 aromatic carbocycles. The number of carbonyl (C=O) groups excluding carboxylic acids is 2. The van der Waals surface area contributed by atoms with Gasteiger partial charge in [-0.3, -0.25) is 9.59 Å². The van der Waals surface area contributed by atoms with E-state index in [1.54, 1.807) is 10.9 Å². The van der Waals surface area contributed by atoms with E-state index in [0.717, 1.165) is 33.5 Å². The van der Waals surface area contributed by atoms with Crippen LogP contribution in [0.5, 0.6) is 0 Å². The van der Waals surface area contributed by atoms with Gasteiger partial charge in [-0.1, -0.05) is 30.3 Å². The molecule has 0 radical (unpaired) electrons. The smallest absolute Gasteiger partial charge is 0.310 e. The van der Waals surface area contributed by atoms with Crippen molar-refractivity contribution in [3.05, 3.63) is 77.3 Å². The fourth-order valence-corrected chi connectivity index (χ4v) is 3.50. The molecule has 2 heterocycles. The summed E-state index contributed by atoms with van der Waals surface area (Å²) in [7, 11) is 0. The van der Waals surface area contributed by atoms with Crippen molar-refractivity contribution in [3.8, 4) is 5.69 Å². The van der Waals surface area contributed by atoms with Crippen molar-refractivity contribution in [2.45, 2.75) is 27.2 Å². The number of hydrogen-bond acceptors (Lipinski definition) is 5. The van der Waals surface area contributed by atoms with E-state index < -0.39 is 11.9 Å². The Labute approximate surface area is 179 Å². The van der Waals surface area contributed by atoms with Gasteiger partial charge < -0.3 is 14.5 Å². The number of hydrogen-bond donors (Lipinski definition) is 1. The first-order valence-corrected chi connectivity index (χ1v) is 9.96. The molecule has 2 aromatic heterocycles. The molecule has 0 aliphatic rings. The molecule has 0 bridgehead atoms. The minimum absolute atomic E-state index is 0.0351. The molecule has 0 saturated heterocycles. The van der Waals surface area contributed by atoms with Gasteiger partial charge in [0.2, 0.25) is 0 Å². The highest BCUT2D eigenvalue weighted by Gasteiger charge is 2.17. The van der Waals surface area contributed by atoms with Crippen LogP contribution >= 0.6 is 0 Å². The Kier molecular flexibility index (Phi) is 5.58. The van der Waals surface area contributed by atoms with E-state index in [4.69, 9.17) is 9.15 Å². The van der Waals surface area contributed by atoms with Gasteiger partial charge in [0.25, 0.3) is 5.91 Å². The maximum absolute atomic E-state index is 12.4. The second-order valence-electron chi connectivity index (χ2n) is 7.44. The van der Waals surface area contributed by atoms with Crippen LogP contribution in [0.15, 0.2) is 59.2 Å². The van der Waals surface area contributed by atoms with Crippen LogP contribution in [0.3, 0.4) is 0 Å². The first-order chi connectivity index (χ1) is 14.9. The molecule has 0 aliphatic carbocycles. The third kappa shape index (κ3) is 4.35. The Bertz CT molecular complexity index is 1250. The first kappa shape index (κ1) is 20.4. The number of rotatable bonds is 6. The van der Waals surface area contributed by atoms with Crippen molar-refractivity contribution in [2.24, 2.45) is 0 Å². The van der Waals surface area contributed by atoms with Gasteiger partial charge in [0.1, 0.15) is 5.58 Å². The Morgan fingerprint density at radius 1 is 1.10 bits per heavy atom. The maximum atomic E-state index is 12.4. The van der Waals surface area contributed by atoms with E-state index in [2.05, 4.69) is 10.4 Å². The number of aromatic nitrogens is 2. The molecule has 1 N–H and O–H groups in total. The number of esters is 1. The summed E-state index contributed by atoms with van der Waals surface area (Å²) in [6, 6.07) is 15.4. The normalized spacial score (nSPS) is 10.9. The second-order valence-corrected chi connectivity index (χ2v) is 7.44. The van der Waals surface area contributed by atoms with Crippen molar-refractivity contribution >= 4 is 28.5 Å². The quantitative estimate of drug-likeness (QED) is 0.474. The number of fused-ring (bicyclic) bond motifs is 1. The van der Waals surface area contributed by atoms with Crippen LogP contribution in [-0.4, -0.2) is 28.3 Å². The molecule has 0 atom stereocenters. The highest BCUT2D eigenvalue weighted by atomic mass is 16.5. The molecule has 0 spiro atoms. The lowest BCUT2D eigenvalue weighted by Gasteiger charge is -2.08. The van der Waals surface area contributed by atoms with Gasteiger partial charge in [-0.15, -0.1) is 0 Å². The van der Waals surface area contributed by atoms with Crippen LogP contribution in [0.4, 0.5) is 5.69 Å². The van der Waals surface area contributed by atoms with Gasteiger partial charge in [-0.05, 0) is 44.5 Å². The van der Waals surface area contributed by atoms with Crippen molar-refractivity contribution in [1.82, 2.24) is 9.78 Å². The van der Waals surface area contributed by atoms with E-state index >= 15 is 0 Å². The zero-order valence-electron chi connectivity index (χ0n) is 17.6. The summed E-state index contributed by atoms with van der Waals surface area (Å²) in [5, 5.41) is 8.17. The highest BCUT2D eigenvalue weighted by molar-refractivity contribution is 5.94. The number of carbonyl (C=O) groups is 2. The Balaban J connectivity index is 1.37. The Morgan fingerprint density at radius 3 is 2.65 bits per heavy atom. The van der Waals surface area contributed by atoms with E-state index in [1.165, 1.54) is 0 Å². The van der Waals surface area contributed by atoms with Gasteiger partial charge in [-0.2, -0.15) is 5.10 Å². The summed E-state index contributed by atoms with van der Waals surface area (Å²) in [4.78, 5) is 24.6. The molecular formula is C24H23N3O4. The topological polar surface area (TPSA) is 86.4 Å². The average Bonchev–Trinajstić information content (AvgIpc) is 3.28. The zero-order chi connectivity index (χ0) is 22.0. The monoisotopic (exact) mass is 417 g/mol. The Hall–Kier alpha value is -3.87. The summed E-state index contributed by atoms with van der Waals surface area (Å²) >= 11 is 0. The number of aryl methyl sites for hydroxylation is 2. The fraction of sp³-hybridized carbons (Fsp3) is 0.208. The molecule has 0 saturated carbocycles. The predicted molar refractivity (Wildman–Crippen MR) is 117 cm³/mol. The van der Waals surface area contributed by atoms with E-state index in [0.29, 0.717) is 11.4 Å². The van der Waals surface area contributed by atoms with Crippen molar-refractivity contribution in [3.63, 3.8) is 0 Å². The van der Waals surface area contributed by atoms with Crippen molar-refractivity contribution in [2.75, 3.05) is 11.9 Å². The molecule has 1 amide bonds. The van der Waals surface area contributed by atoms with Gasteiger partial charge in [0.15, 0.2) is 6.61 Å². The number of nitrogens with one attached hydrogen (secondary N) is 1. The van der Waals surface area contributed by atoms with Gasteiger partial charge >= 0.3 is 5.97 Å². The molecule has 7 nitrogen and oxygen atoms in total. The SMILES string of the molecule is Cc1ccc2c(CC(=O)OCC(=O)Nc3c(C)nn(-c4ccccc4)c3C)coc2c1. The molecule has 4 aromatic rings. The Morgan fingerprint density at radius 2 is 1.87 bits per heavy atom. The summed E-state index contributed by atoms with van der Waals surface area (Å²) < 4.78 is 12.4. The van der Waals surface area contributed by atoms with Crippen LogP contribution in [0.2, 0.25) is 0 Å². The number of benzene rings is 2. The number of amides is 1. The minimum atomic E-state index is -0.494. The lowest BCUT2D eigenvalue weighted by molar-refractivity contribution is -0.146. The first-order valence-electron chi connectivity index (χ1n) is 9.96. The molecule has 0 aliphatic heterocycles. The molecule has 158 valence electrons. The third-order valence-electron chi connectivity index (χ3n) is 5.07. The molecule has 0 unspecified atom stereocenters. The van der Waals surface area contributed by atoms with E-state index in [-0.39, 0.29) is 13.0 Å². The van der Waals surface area contributed by atoms with Crippen LogP contribution in [0.25, 0.3) is 16.7 Å². The number of para-hydroxylation sites is 1.